The van der Waals surface area contributed by atoms with Gasteiger partial charge in [0.05, 0.1) is 25.2 Å². The quantitative estimate of drug-likeness (QED) is 0.780. The third-order valence-corrected chi connectivity index (χ3v) is 4.00. The van der Waals surface area contributed by atoms with Crippen molar-refractivity contribution in [3.05, 3.63) is 34.9 Å². The van der Waals surface area contributed by atoms with E-state index in [0.29, 0.717) is 11.6 Å². The smallest absolute Gasteiger partial charge is 0.311 e. The van der Waals surface area contributed by atoms with Gasteiger partial charge in [-0.15, -0.1) is 0 Å². The van der Waals surface area contributed by atoms with Crippen LogP contribution in [-0.4, -0.2) is 25.3 Å². The summed E-state index contributed by atoms with van der Waals surface area (Å²) in [5, 5.41) is 0.694. The monoisotopic (exact) mass is 282 g/mol. The van der Waals surface area contributed by atoms with Gasteiger partial charge in [-0.25, -0.2) is 0 Å². The van der Waals surface area contributed by atoms with E-state index < -0.39 is 0 Å². The van der Waals surface area contributed by atoms with E-state index in [4.69, 9.17) is 21.1 Å². The zero-order chi connectivity index (χ0) is 14.0. The minimum absolute atomic E-state index is 0.0323. The molecule has 0 aliphatic carbocycles. The normalized spacial score (nSPS) is 25.9. The number of carbonyl (C=O) groups excluding carboxylic acids is 1. The Kier molecular flexibility index (Phi) is 4.16. The maximum Gasteiger partial charge on any atom is 0.311 e. The maximum absolute atomic E-state index is 11.9. The van der Waals surface area contributed by atoms with Crippen LogP contribution in [0.15, 0.2) is 24.3 Å². The average Bonchev–Trinajstić information content (AvgIpc) is 2.37. The predicted molar refractivity (Wildman–Crippen MR) is 74.3 cm³/mol. The lowest BCUT2D eigenvalue weighted by molar-refractivity contribution is -0.158. The predicted octanol–water partition coefficient (Wildman–Crippen LogP) is 3.41. The summed E-state index contributed by atoms with van der Waals surface area (Å²) >= 11 is 6.27. The molecular formula is C15H19ClO3. The van der Waals surface area contributed by atoms with Crippen molar-refractivity contribution in [2.45, 2.75) is 31.8 Å². The standard InChI is InChI=1S/C15H19ClO3/c1-15(2)8-11(10-6-4-5-7-13(10)16)12(9-19-15)14(17)18-3/h4-7,11-12H,8-9H2,1-3H3/t11-,12-/m1/s1. The molecule has 1 fully saturated rings. The van der Waals surface area contributed by atoms with Crippen molar-refractivity contribution in [2.75, 3.05) is 13.7 Å². The number of benzene rings is 1. The van der Waals surface area contributed by atoms with Gasteiger partial charge in [0.25, 0.3) is 0 Å². The van der Waals surface area contributed by atoms with Crippen molar-refractivity contribution >= 4 is 17.6 Å². The summed E-state index contributed by atoms with van der Waals surface area (Å²) in [6.45, 7) is 4.43. The molecule has 1 aromatic carbocycles. The van der Waals surface area contributed by atoms with Crippen LogP contribution in [0.4, 0.5) is 0 Å². The van der Waals surface area contributed by atoms with Crippen LogP contribution in [0.25, 0.3) is 0 Å². The summed E-state index contributed by atoms with van der Waals surface area (Å²) in [6, 6.07) is 7.67. The second-order valence-corrected chi connectivity index (χ2v) is 5.94. The van der Waals surface area contributed by atoms with Crippen LogP contribution < -0.4 is 0 Å². The van der Waals surface area contributed by atoms with Gasteiger partial charge < -0.3 is 9.47 Å². The molecule has 0 radical (unpaired) electrons. The summed E-state index contributed by atoms with van der Waals surface area (Å²) in [5.41, 5.74) is 0.741. The first kappa shape index (κ1) is 14.4. The van der Waals surface area contributed by atoms with E-state index >= 15 is 0 Å². The van der Waals surface area contributed by atoms with Crippen molar-refractivity contribution in [2.24, 2.45) is 5.92 Å². The molecular weight excluding hydrogens is 264 g/mol. The topological polar surface area (TPSA) is 35.5 Å². The fourth-order valence-corrected chi connectivity index (χ4v) is 2.92. The number of esters is 1. The highest BCUT2D eigenvalue weighted by atomic mass is 35.5. The summed E-state index contributed by atoms with van der Waals surface area (Å²) in [4.78, 5) is 11.9. The highest BCUT2D eigenvalue weighted by Gasteiger charge is 2.41. The van der Waals surface area contributed by atoms with Gasteiger partial charge in [0, 0.05) is 10.9 Å². The minimum atomic E-state index is -0.294. The van der Waals surface area contributed by atoms with E-state index in [-0.39, 0.29) is 23.4 Å². The van der Waals surface area contributed by atoms with E-state index in [1.165, 1.54) is 7.11 Å². The van der Waals surface area contributed by atoms with Crippen molar-refractivity contribution in [3.63, 3.8) is 0 Å². The molecule has 2 rings (SSSR count). The Morgan fingerprint density at radius 1 is 1.42 bits per heavy atom. The molecule has 3 nitrogen and oxygen atoms in total. The largest absolute Gasteiger partial charge is 0.469 e. The average molecular weight is 283 g/mol. The van der Waals surface area contributed by atoms with Crippen molar-refractivity contribution in [3.8, 4) is 0 Å². The Morgan fingerprint density at radius 3 is 2.74 bits per heavy atom. The van der Waals surface area contributed by atoms with Gasteiger partial charge in [-0.05, 0) is 31.9 Å². The van der Waals surface area contributed by atoms with Crippen LogP contribution in [0.2, 0.25) is 5.02 Å². The van der Waals surface area contributed by atoms with E-state index in [1.807, 2.05) is 38.1 Å². The molecule has 0 unspecified atom stereocenters. The molecule has 2 atom stereocenters. The lowest BCUT2D eigenvalue weighted by Gasteiger charge is -2.40. The van der Waals surface area contributed by atoms with E-state index in [9.17, 15) is 4.79 Å². The third kappa shape index (κ3) is 3.10. The molecule has 0 saturated carbocycles. The zero-order valence-electron chi connectivity index (χ0n) is 11.5. The summed E-state index contributed by atoms with van der Waals surface area (Å²) < 4.78 is 10.6. The number of halogens is 1. The van der Waals surface area contributed by atoms with Crippen molar-refractivity contribution in [1.29, 1.82) is 0 Å². The highest BCUT2D eigenvalue weighted by molar-refractivity contribution is 6.31. The molecule has 1 aliphatic rings. The lowest BCUT2D eigenvalue weighted by Crippen LogP contribution is -2.42. The Labute approximate surface area is 118 Å². The molecule has 104 valence electrons. The first-order chi connectivity index (χ1) is 8.94. The van der Waals surface area contributed by atoms with Crippen LogP contribution in [0.1, 0.15) is 31.7 Å². The van der Waals surface area contributed by atoms with Crippen LogP contribution in [-0.2, 0) is 14.3 Å². The summed E-state index contributed by atoms with van der Waals surface area (Å²) in [6.07, 6.45) is 0.747. The number of methoxy groups -OCH3 is 1. The molecule has 1 aliphatic heterocycles. The molecule has 1 saturated heterocycles. The Morgan fingerprint density at radius 2 is 2.11 bits per heavy atom. The van der Waals surface area contributed by atoms with Crippen molar-refractivity contribution < 1.29 is 14.3 Å². The molecule has 0 aromatic heterocycles. The highest BCUT2D eigenvalue weighted by Crippen LogP contribution is 2.42. The number of ether oxygens (including phenoxy) is 2. The van der Waals surface area contributed by atoms with Gasteiger partial charge in [-0.3, -0.25) is 4.79 Å². The zero-order valence-corrected chi connectivity index (χ0v) is 12.2. The fourth-order valence-electron chi connectivity index (χ4n) is 2.65. The molecule has 19 heavy (non-hydrogen) atoms. The van der Waals surface area contributed by atoms with Gasteiger partial charge >= 0.3 is 5.97 Å². The Bertz CT molecular complexity index is 470. The molecule has 1 heterocycles. The lowest BCUT2D eigenvalue weighted by atomic mass is 9.77. The first-order valence-electron chi connectivity index (χ1n) is 6.41. The fraction of sp³-hybridized carbons (Fsp3) is 0.533. The second-order valence-electron chi connectivity index (χ2n) is 5.53. The maximum atomic E-state index is 11.9. The summed E-state index contributed by atoms with van der Waals surface area (Å²) in [7, 11) is 1.41. The Hall–Kier alpha value is -1.06. The second kappa shape index (κ2) is 5.51. The van der Waals surface area contributed by atoms with Crippen LogP contribution in [0, 0.1) is 5.92 Å². The van der Waals surface area contributed by atoms with Gasteiger partial charge in [0.15, 0.2) is 0 Å². The van der Waals surface area contributed by atoms with Crippen molar-refractivity contribution in [1.82, 2.24) is 0 Å². The number of rotatable bonds is 2. The number of hydrogen-bond donors (Lipinski definition) is 0. The molecule has 0 spiro atoms. The number of carbonyl (C=O) groups is 1. The van der Waals surface area contributed by atoms with E-state index in [2.05, 4.69) is 0 Å². The molecule has 0 bridgehead atoms. The molecule has 0 amide bonds. The Balaban J connectivity index is 2.35. The van der Waals surface area contributed by atoms with Gasteiger partial charge in [-0.1, -0.05) is 29.8 Å². The minimum Gasteiger partial charge on any atom is -0.469 e. The SMILES string of the molecule is COC(=O)[C@@H]1COC(C)(C)C[C@@H]1c1ccccc1Cl. The van der Waals surface area contributed by atoms with Crippen LogP contribution in [0.5, 0.6) is 0 Å². The van der Waals surface area contributed by atoms with Crippen LogP contribution in [0.3, 0.4) is 0 Å². The van der Waals surface area contributed by atoms with Gasteiger partial charge in [0.2, 0.25) is 0 Å². The van der Waals surface area contributed by atoms with Crippen LogP contribution >= 0.6 is 11.6 Å². The van der Waals surface area contributed by atoms with E-state index in [0.717, 1.165) is 12.0 Å². The number of hydrogen-bond acceptors (Lipinski definition) is 3. The van der Waals surface area contributed by atoms with Gasteiger partial charge in [0.1, 0.15) is 0 Å². The molecule has 0 N–H and O–H groups in total. The third-order valence-electron chi connectivity index (χ3n) is 3.66. The van der Waals surface area contributed by atoms with Gasteiger partial charge in [-0.2, -0.15) is 0 Å². The summed E-state index contributed by atoms with van der Waals surface area (Å²) in [5.74, 6) is -0.497. The molecule has 4 heteroatoms. The van der Waals surface area contributed by atoms with E-state index in [1.54, 1.807) is 0 Å². The first-order valence-corrected chi connectivity index (χ1v) is 6.78. The molecule has 1 aromatic rings.